The highest BCUT2D eigenvalue weighted by atomic mass is 19.1. The number of amides is 2. The Kier molecular flexibility index (Phi) is 5.63. The van der Waals surface area contributed by atoms with Crippen molar-refractivity contribution in [3.05, 3.63) is 42.1 Å². The van der Waals surface area contributed by atoms with E-state index in [1.165, 1.54) is 10.9 Å². The number of hydrogen-bond acceptors (Lipinski definition) is 6. The van der Waals surface area contributed by atoms with E-state index >= 15 is 0 Å². The summed E-state index contributed by atoms with van der Waals surface area (Å²) < 4.78 is 25.8. The Morgan fingerprint density at radius 2 is 1.90 bits per heavy atom. The molecule has 1 saturated heterocycles. The largest absolute Gasteiger partial charge is 0.465 e. The first-order valence-electron chi connectivity index (χ1n) is 10.1. The normalized spacial score (nSPS) is 20.3. The third-order valence-electron chi connectivity index (χ3n) is 5.86. The van der Waals surface area contributed by atoms with Crippen LogP contribution in [0.5, 0.6) is 0 Å². The second-order valence-corrected chi connectivity index (χ2v) is 7.87. The van der Waals surface area contributed by atoms with E-state index in [9.17, 15) is 19.1 Å². The Morgan fingerprint density at radius 1 is 1.19 bits per heavy atom. The molecule has 3 N–H and O–H groups in total. The second kappa shape index (κ2) is 8.23. The molecule has 10 nitrogen and oxygen atoms in total. The number of ether oxygens (including phenoxy) is 2. The van der Waals surface area contributed by atoms with E-state index in [0.29, 0.717) is 37.4 Å². The molecular weight excluding hydrogens is 409 g/mol. The van der Waals surface area contributed by atoms with Crippen molar-refractivity contribution in [1.82, 2.24) is 25.4 Å². The van der Waals surface area contributed by atoms with E-state index in [4.69, 9.17) is 9.47 Å². The topological polar surface area (TPSA) is 128 Å². The van der Waals surface area contributed by atoms with Gasteiger partial charge >= 0.3 is 6.09 Å². The quantitative estimate of drug-likeness (QED) is 0.657. The molecule has 2 fully saturated rings. The van der Waals surface area contributed by atoms with Crippen molar-refractivity contribution in [3.63, 3.8) is 0 Å². The molecule has 166 valence electrons. The van der Waals surface area contributed by atoms with Crippen LogP contribution in [0.2, 0.25) is 0 Å². The average molecular weight is 433 g/mol. The number of nitrogens with one attached hydrogen (secondary N) is 2. The minimum Gasteiger partial charge on any atom is -0.465 e. The third-order valence-corrected chi connectivity index (χ3v) is 5.86. The molecule has 3 heterocycles. The summed E-state index contributed by atoms with van der Waals surface area (Å²) in [5, 5.41) is 18.5. The van der Waals surface area contributed by atoms with Gasteiger partial charge in [0.2, 0.25) is 5.91 Å². The van der Waals surface area contributed by atoms with Crippen LogP contribution in [0.25, 0.3) is 5.82 Å². The Hall–Kier alpha value is -3.05. The Bertz CT molecular complexity index is 947. The SMILES string of the molecule is CC(NC(=O)C1(NC(=O)O)CCC2(CC1)OCCO2)c1ccc(-n2cc(F)cn2)nc1. The van der Waals surface area contributed by atoms with Crippen LogP contribution >= 0.6 is 0 Å². The standard InChI is InChI=1S/C20H24FN5O5/c1-13(14-2-3-16(22-10-14)26-12-15(21)11-23-26)24-17(27)19(25-18(28)29)4-6-20(7-5-19)30-8-9-31-20/h2-3,10-13,25H,4-9H2,1H3,(H,24,27)(H,28,29). The first kappa shape index (κ1) is 21.2. The molecule has 1 aliphatic heterocycles. The van der Waals surface area contributed by atoms with Crippen molar-refractivity contribution in [2.24, 2.45) is 0 Å². The molecule has 2 aliphatic rings. The molecule has 0 aromatic carbocycles. The molecule has 0 bridgehead atoms. The third kappa shape index (κ3) is 4.37. The van der Waals surface area contributed by atoms with E-state index in [0.717, 1.165) is 6.20 Å². The van der Waals surface area contributed by atoms with E-state index in [1.54, 1.807) is 25.3 Å². The minimum absolute atomic E-state index is 0.264. The molecule has 11 heteroatoms. The molecule has 1 unspecified atom stereocenters. The summed E-state index contributed by atoms with van der Waals surface area (Å²) >= 11 is 0. The van der Waals surface area contributed by atoms with Gasteiger partial charge in [0.05, 0.1) is 31.6 Å². The van der Waals surface area contributed by atoms with Gasteiger partial charge in [-0.25, -0.2) is 18.9 Å². The van der Waals surface area contributed by atoms with Crippen LogP contribution in [0.4, 0.5) is 9.18 Å². The summed E-state index contributed by atoms with van der Waals surface area (Å²) in [6, 6.07) is 2.99. The molecule has 1 spiro atoms. The van der Waals surface area contributed by atoms with E-state index < -0.39 is 35.2 Å². The van der Waals surface area contributed by atoms with Gasteiger partial charge in [-0.15, -0.1) is 0 Å². The number of carbonyl (C=O) groups excluding carboxylic acids is 1. The first-order valence-corrected chi connectivity index (χ1v) is 10.1. The molecule has 31 heavy (non-hydrogen) atoms. The van der Waals surface area contributed by atoms with Crippen LogP contribution in [0.1, 0.15) is 44.2 Å². The minimum atomic E-state index is -1.26. The van der Waals surface area contributed by atoms with Gasteiger partial charge in [-0.05, 0) is 31.4 Å². The predicted molar refractivity (Wildman–Crippen MR) is 105 cm³/mol. The summed E-state index contributed by atoms with van der Waals surface area (Å²) in [5.74, 6) is -1.16. The van der Waals surface area contributed by atoms with Gasteiger partial charge in [-0.2, -0.15) is 5.10 Å². The summed E-state index contributed by atoms with van der Waals surface area (Å²) in [4.78, 5) is 28.8. The maximum atomic E-state index is 13.1. The van der Waals surface area contributed by atoms with Crippen molar-refractivity contribution in [2.45, 2.75) is 50.0 Å². The van der Waals surface area contributed by atoms with Gasteiger partial charge in [0, 0.05) is 19.0 Å². The van der Waals surface area contributed by atoms with E-state index in [1.807, 2.05) is 0 Å². The van der Waals surface area contributed by atoms with Crippen molar-refractivity contribution < 1.29 is 28.6 Å². The molecule has 2 aromatic rings. The van der Waals surface area contributed by atoms with Gasteiger partial charge in [0.1, 0.15) is 5.54 Å². The van der Waals surface area contributed by atoms with Gasteiger partial charge < -0.3 is 25.2 Å². The number of carbonyl (C=O) groups is 2. The predicted octanol–water partition coefficient (Wildman–Crippen LogP) is 1.91. The van der Waals surface area contributed by atoms with Gasteiger partial charge in [0.15, 0.2) is 17.4 Å². The van der Waals surface area contributed by atoms with Crippen LogP contribution in [-0.2, 0) is 14.3 Å². The highest BCUT2D eigenvalue weighted by Crippen LogP contribution is 2.40. The second-order valence-electron chi connectivity index (χ2n) is 7.87. The molecule has 0 radical (unpaired) electrons. The fraction of sp³-hybridized carbons (Fsp3) is 0.500. The summed E-state index contributed by atoms with van der Waals surface area (Å²) in [7, 11) is 0. The number of hydrogen-bond donors (Lipinski definition) is 3. The number of nitrogens with zero attached hydrogens (tertiary/aromatic N) is 3. The lowest BCUT2D eigenvalue weighted by Gasteiger charge is -2.42. The summed E-state index contributed by atoms with van der Waals surface area (Å²) in [6.07, 6.45) is 3.97. The van der Waals surface area contributed by atoms with Crippen LogP contribution < -0.4 is 10.6 Å². The zero-order chi connectivity index (χ0) is 22.1. The molecule has 2 aromatic heterocycles. The van der Waals surface area contributed by atoms with Gasteiger partial charge in [-0.1, -0.05) is 6.07 Å². The summed E-state index contributed by atoms with van der Waals surface area (Å²) in [6.45, 7) is 2.78. The molecular formula is C20H24FN5O5. The number of aromatic nitrogens is 3. The maximum Gasteiger partial charge on any atom is 0.405 e. The van der Waals surface area contributed by atoms with Gasteiger partial charge in [0.25, 0.3) is 0 Å². The highest BCUT2D eigenvalue weighted by molar-refractivity contribution is 5.90. The maximum absolute atomic E-state index is 13.1. The number of halogens is 1. The Labute approximate surface area is 177 Å². The van der Waals surface area contributed by atoms with Crippen LogP contribution in [0.15, 0.2) is 30.7 Å². The van der Waals surface area contributed by atoms with Crippen LogP contribution in [-0.4, -0.2) is 56.4 Å². The zero-order valence-corrected chi connectivity index (χ0v) is 17.0. The average Bonchev–Trinajstić information content (AvgIpc) is 3.39. The highest BCUT2D eigenvalue weighted by Gasteiger charge is 2.50. The van der Waals surface area contributed by atoms with Crippen LogP contribution in [0.3, 0.4) is 0 Å². The van der Waals surface area contributed by atoms with Gasteiger partial charge in [-0.3, -0.25) is 4.79 Å². The molecule has 1 aliphatic carbocycles. The lowest BCUT2D eigenvalue weighted by atomic mass is 9.77. The Balaban J connectivity index is 1.45. The smallest absolute Gasteiger partial charge is 0.405 e. The molecule has 1 atom stereocenters. The van der Waals surface area contributed by atoms with Crippen molar-refractivity contribution in [2.75, 3.05) is 13.2 Å². The molecule has 1 saturated carbocycles. The lowest BCUT2D eigenvalue weighted by molar-refractivity contribution is -0.187. The number of pyridine rings is 1. The van der Waals surface area contributed by atoms with E-state index in [2.05, 4.69) is 20.7 Å². The summed E-state index contributed by atoms with van der Waals surface area (Å²) in [5.41, 5.74) is -0.550. The fourth-order valence-corrected chi connectivity index (χ4v) is 4.09. The fourth-order valence-electron chi connectivity index (χ4n) is 4.09. The zero-order valence-electron chi connectivity index (χ0n) is 17.0. The first-order chi connectivity index (χ1) is 14.8. The van der Waals surface area contributed by atoms with Crippen molar-refractivity contribution in [3.8, 4) is 5.82 Å². The Morgan fingerprint density at radius 3 is 2.45 bits per heavy atom. The van der Waals surface area contributed by atoms with Crippen molar-refractivity contribution in [1.29, 1.82) is 0 Å². The molecule has 4 rings (SSSR count). The van der Waals surface area contributed by atoms with E-state index in [-0.39, 0.29) is 12.8 Å². The monoisotopic (exact) mass is 433 g/mol. The number of carboxylic acid groups (broad SMARTS) is 1. The van der Waals surface area contributed by atoms with Crippen molar-refractivity contribution >= 4 is 12.0 Å². The molecule has 2 amide bonds. The number of rotatable bonds is 5. The van der Waals surface area contributed by atoms with Crippen LogP contribution in [0, 0.1) is 5.82 Å². The lowest BCUT2D eigenvalue weighted by Crippen LogP contribution is -2.62.